The zero-order valence-electron chi connectivity index (χ0n) is 8.79. The maximum Gasteiger partial charge on any atom is 0.133 e. The van der Waals surface area contributed by atoms with Crippen LogP contribution < -0.4 is 4.74 Å². The first-order valence-corrected chi connectivity index (χ1v) is 6.53. The number of benzene rings is 2. The molecule has 0 heterocycles. The van der Waals surface area contributed by atoms with Crippen LogP contribution in [-0.4, -0.2) is 0 Å². The molecule has 2 aromatic carbocycles. The SMILES string of the molecule is Clc1ccc(COc2ccccc2Br)c(Cl)c1. The summed E-state index contributed by atoms with van der Waals surface area (Å²) in [6.45, 7) is 0.415. The van der Waals surface area contributed by atoms with E-state index in [1.807, 2.05) is 30.3 Å². The second-order valence-corrected chi connectivity index (χ2v) is 5.15. The fourth-order valence-corrected chi connectivity index (χ4v) is 2.22. The van der Waals surface area contributed by atoms with Crippen LogP contribution in [0.25, 0.3) is 0 Å². The quantitative estimate of drug-likeness (QED) is 0.738. The monoisotopic (exact) mass is 330 g/mol. The van der Waals surface area contributed by atoms with Gasteiger partial charge in [-0.3, -0.25) is 0 Å². The average Bonchev–Trinajstić information content (AvgIpc) is 2.30. The van der Waals surface area contributed by atoms with Gasteiger partial charge in [0.2, 0.25) is 0 Å². The van der Waals surface area contributed by atoms with E-state index in [0.717, 1.165) is 15.8 Å². The Labute approximate surface area is 118 Å². The second-order valence-electron chi connectivity index (χ2n) is 3.45. The molecule has 0 aromatic heterocycles. The van der Waals surface area contributed by atoms with E-state index in [0.29, 0.717) is 16.7 Å². The lowest BCUT2D eigenvalue weighted by Crippen LogP contribution is -1.96. The van der Waals surface area contributed by atoms with Crippen molar-refractivity contribution in [2.75, 3.05) is 0 Å². The number of para-hydroxylation sites is 1. The molecular formula is C13H9BrCl2O. The summed E-state index contributed by atoms with van der Waals surface area (Å²) in [6, 6.07) is 13.1. The molecule has 0 N–H and O–H groups in total. The summed E-state index contributed by atoms with van der Waals surface area (Å²) >= 11 is 15.3. The first kappa shape index (κ1) is 12.7. The Bertz CT molecular complexity index is 529. The minimum Gasteiger partial charge on any atom is -0.488 e. The van der Waals surface area contributed by atoms with Gasteiger partial charge >= 0.3 is 0 Å². The van der Waals surface area contributed by atoms with Gasteiger partial charge in [0.1, 0.15) is 12.4 Å². The van der Waals surface area contributed by atoms with Crippen molar-refractivity contribution in [3.63, 3.8) is 0 Å². The Morgan fingerprint density at radius 1 is 1.06 bits per heavy atom. The molecule has 0 saturated carbocycles. The van der Waals surface area contributed by atoms with E-state index in [1.54, 1.807) is 12.1 Å². The highest BCUT2D eigenvalue weighted by atomic mass is 79.9. The van der Waals surface area contributed by atoms with Crippen LogP contribution >= 0.6 is 39.1 Å². The van der Waals surface area contributed by atoms with Crippen molar-refractivity contribution < 1.29 is 4.74 Å². The molecule has 0 bridgehead atoms. The fraction of sp³-hybridized carbons (Fsp3) is 0.0769. The van der Waals surface area contributed by atoms with Gasteiger partial charge in [0.15, 0.2) is 0 Å². The summed E-state index contributed by atoms with van der Waals surface area (Å²) in [4.78, 5) is 0. The molecule has 0 aliphatic carbocycles. The van der Waals surface area contributed by atoms with Crippen molar-refractivity contribution in [1.82, 2.24) is 0 Å². The average molecular weight is 332 g/mol. The lowest BCUT2D eigenvalue weighted by atomic mass is 10.2. The molecule has 0 aliphatic heterocycles. The largest absolute Gasteiger partial charge is 0.488 e. The van der Waals surface area contributed by atoms with Crippen LogP contribution in [0.1, 0.15) is 5.56 Å². The van der Waals surface area contributed by atoms with Crippen molar-refractivity contribution in [3.05, 3.63) is 62.5 Å². The molecule has 0 saturated heterocycles. The molecule has 1 nitrogen and oxygen atoms in total. The van der Waals surface area contributed by atoms with Crippen LogP contribution in [0.15, 0.2) is 46.9 Å². The van der Waals surface area contributed by atoms with E-state index in [4.69, 9.17) is 27.9 Å². The molecular weight excluding hydrogens is 323 g/mol. The highest BCUT2D eigenvalue weighted by Gasteiger charge is 2.04. The maximum absolute atomic E-state index is 6.06. The van der Waals surface area contributed by atoms with E-state index >= 15 is 0 Å². The number of hydrogen-bond donors (Lipinski definition) is 0. The third kappa shape index (κ3) is 3.38. The van der Waals surface area contributed by atoms with Crippen LogP contribution in [0.4, 0.5) is 0 Å². The zero-order chi connectivity index (χ0) is 12.3. The van der Waals surface area contributed by atoms with Gasteiger partial charge in [-0.05, 0) is 40.2 Å². The molecule has 0 fully saturated rings. The molecule has 0 unspecified atom stereocenters. The summed E-state index contributed by atoms with van der Waals surface area (Å²) in [5.41, 5.74) is 0.909. The minimum atomic E-state index is 0.415. The first-order chi connectivity index (χ1) is 8.16. The third-order valence-electron chi connectivity index (χ3n) is 2.23. The second kappa shape index (κ2) is 5.76. The Kier molecular flexibility index (Phi) is 4.32. The van der Waals surface area contributed by atoms with Gasteiger partial charge in [0, 0.05) is 15.6 Å². The summed E-state index contributed by atoms with van der Waals surface area (Å²) in [6.07, 6.45) is 0. The number of ether oxygens (including phenoxy) is 1. The first-order valence-electron chi connectivity index (χ1n) is 4.98. The van der Waals surface area contributed by atoms with E-state index in [1.165, 1.54) is 0 Å². The van der Waals surface area contributed by atoms with E-state index in [2.05, 4.69) is 15.9 Å². The van der Waals surface area contributed by atoms with E-state index in [-0.39, 0.29) is 0 Å². The molecule has 4 heteroatoms. The molecule has 2 aromatic rings. The zero-order valence-corrected chi connectivity index (χ0v) is 11.9. The molecule has 0 atom stereocenters. The van der Waals surface area contributed by atoms with Gasteiger partial charge < -0.3 is 4.74 Å². The topological polar surface area (TPSA) is 9.23 Å². The van der Waals surface area contributed by atoms with Crippen molar-refractivity contribution in [2.24, 2.45) is 0 Å². The van der Waals surface area contributed by atoms with Gasteiger partial charge in [-0.1, -0.05) is 41.4 Å². The van der Waals surface area contributed by atoms with Gasteiger partial charge in [0.25, 0.3) is 0 Å². The van der Waals surface area contributed by atoms with Crippen LogP contribution in [0.3, 0.4) is 0 Å². The molecule has 88 valence electrons. The number of halogens is 3. The number of hydrogen-bond acceptors (Lipinski definition) is 1. The van der Waals surface area contributed by atoms with Gasteiger partial charge in [-0.2, -0.15) is 0 Å². The predicted molar refractivity (Wildman–Crippen MR) is 74.9 cm³/mol. The van der Waals surface area contributed by atoms with Crippen LogP contribution in [0.2, 0.25) is 10.0 Å². The summed E-state index contributed by atoms with van der Waals surface area (Å²) in [5.74, 6) is 0.790. The Morgan fingerprint density at radius 3 is 2.53 bits per heavy atom. The Morgan fingerprint density at radius 2 is 1.82 bits per heavy atom. The minimum absolute atomic E-state index is 0.415. The van der Waals surface area contributed by atoms with Crippen LogP contribution in [0.5, 0.6) is 5.75 Å². The lowest BCUT2D eigenvalue weighted by molar-refractivity contribution is 0.304. The highest BCUT2D eigenvalue weighted by molar-refractivity contribution is 9.10. The lowest BCUT2D eigenvalue weighted by Gasteiger charge is -2.09. The highest BCUT2D eigenvalue weighted by Crippen LogP contribution is 2.26. The molecule has 0 aliphatic rings. The summed E-state index contributed by atoms with van der Waals surface area (Å²) in [5, 5.41) is 1.24. The Hall–Kier alpha value is -0.700. The van der Waals surface area contributed by atoms with Gasteiger partial charge in [-0.25, -0.2) is 0 Å². The fourth-order valence-electron chi connectivity index (χ4n) is 1.36. The Balaban J connectivity index is 2.10. The van der Waals surface area contributed by atoms with E-state index in [9.17, 15) is 0 Å². The maximum atomic E-state index is 6.06. The molecule has 2 rings (SSSR count). The van der Waals surface area contributed by atoms with Gasteiger partial charge in [0.05, 0.1) is 4.47 Å². The number of rotatable bonds is 3. The molecule has 17 heavy (non-hydrogen) atoms. The van der Waals surface area contributed by atoms with Crippen molar-refractivity contribution in [2.45, 2.75) is 6.61 Å². The van der Waals surface area contributed by atoms with Gasteiger partial charge in [-0.15, -0.1) is 0 Å². The van der Waals surface area contributed by atoms with Crippen LogP contribution in [0, 0.1) is 0 Å². The standard InChI is InChI=1S/C13H9BrCl2O/c14-11-3-1-2-4-13(11)17-8-9-5-6-10(15)7-12(9)16/h1-7H,8H2. The van der Waals surface area contributed by atoms with Crippen LogP contribution in [-0.2, 0) is 6.61 Å². The van der Waals surface area contributed by atoms with Crippen molar-refractivity contribution in [3.8, 4) is 5.75 Å². The molecule has 0 amide bonds. The summed E-state index contributed by atoms with van der Waals surface area (Å²) in [7, 11) is 0. The normalized spacial score (nSPS) is 10.3. The van der Waals surface area contributed by atoms with E-state index < -0.39 is 0 Å². The third-order valence-corrected chi connectivity index (χ3v) is 3.48. The smallest absolute Gasteiger partial charge is 0.133 e. The van der Waals surface area contributed by atoms with Crippen molar-refractivity contribution >= 4 is 39.1 Å². The van der Waals surface area contributed by atoms with Crippen molar-refractivity contribution in [1.29, 1.82) is 0 Å². The molecule has 0 radical (unpaired) electrons. The molecule has 0 spiro atoms. The predicted octanol–water partition coefficient (Wildman–Crippen LogP) is 5.33. The summed E-state index contributed by atoms with van der Waals surface area (Å²) < 4.78 is 6.59.